The Morgan fingerprint density at radius 1 is 0.609 bits per heavy atom. The summed E-state index contributed by atoms with van der Waals surface area (Å²) >= 11 is 0. The van der Waals surface area contributed by atoms with Gasteiger partial charge in [0.2, 0.25) is 0 Å². The summed E-state index contributed by atoms with van der Waals surface area (Å²) in [6, 6.07) is 47.4. The van der Waals surface area contributed by atoms with E-state index in [9.17, 15) is 0 Å². The smallest absolute Gasteiger partial charge is 0.273 e. The van der Waals surface area contributed by atoms with Gasteiger partial charge in [0.15, 0.2) is 0 Å². The molecule has 1 aliphatic carbocycles. The molecule has 224 valence electrons. The van der Waals surface area contributed by atoms with Crippen molar-refractivity contribution in [2.75, 3.05) is 9.80 Å². The fraction of sp³-hybridized carbons (Fsp3) is 0.190. The van der Waals surface area contributed by atoms with Gasteiger partial charge in [0, 0.05) is 45.4 Å². The molecule has 6 aromatic rings. The molecule has 0 radical (unpaired) electrons. The van der Waals surface area contributed by atoms with E-state index in [0.29, 0.717) is 5.92 Å². The Labute approximate surface area is 272 Å². The largest absolute Gasteiger partial charge is 0.323 e. The van der Waals surface area contributed by atoms with Gasteiger partial charge in [-0.15, -0.1) is 0 Å². The minimum absolute atomic E-state index is 0.107. The van der Waals surface area contributed by atoms with Crippen LogP contribution in [-0.4, -0.2) is 11.3 Å². The summed E-state index contributed by atoms with van der Waals surface area (Å²) in [6.45, 7) is 4.78. The fourth-order valence-electron chi connectivity index (χ4n) is 8.44. The molecule has 4 heteroatoms. The third-order valence-electron chi connectivity index (χ3n) is 10.1. The monoisotopic (exact) mass is 595 g/mol. The van der Waals surface area contributed by atoms with Crippen molar-refractivity contribution >= 4 is 57.4 Å². The maximum atomic E-state index is 2.66. The molecular formula is C42H38BN3. The number of rotatable bonds is 5. The first kappa shape index (κ1) is 27.4. The highest BCUT2D eigenvalue weighted by Gasteiger charge is 2.47. The molecule has 1 aromatic heterocycles. The van der Waals surface area contributed by atoms with Gasteiger partial charge >= 0.3 is 0 Å². The number of para-hydroxylation sites is 4. The molecule has 0 amide bonds. The van der Waals surface area contributed by atoms with Gasteiger partial charge in [-0.05, 0) is 115 Å². The number of aromatic nitrogens is 1. The lowest BCUT2D eigenvalue weighted by Crippen LogP contribution is -2.63. The third-order valence-corrected chi connectivity index (χ3v) is 10.1. The number of nitrogens with zero attached hydrogens (tertiary/aromatic N) is 3. The standard InChI is InChI=1S/C42H38BN3/c1-29(2)26-30-27-38-40-39(28-30)45(32-18-8-4-9-19-32)41-34-22-12-14-24-36(34)46(33-20-10-5-11-21-33)42(41)43(40)35-23-13-15-25-37(35)44(38)31-16-6-3-7-17-31/h3-11,13,15-21,23,25,27-29H,12,14,22,24,26H2,1-2H3. The molecule has 0 bridgehead atoms. The van der Waals surface area contributed by atoms with Gasteiger partial charge in [0.05, 0.1) is 5.69 Å². The molecule has 46 heavy (non-hydrogen) atoms. The molecular weight excluding hydrogens is 557 g/mol. The van der Waals surface area contributed by atoms with Crippen LogP contribution in [0.4, 0.5) is 34.1 Å². The molecule has 2 aliphatic heterocycles. The zero-order valence-corrected chi connectivity index (χ0v) is 26.7. The number of fused-ring (bicyclic) bond motifs is 6. The molecule has 0 saturated carbocycles. The minimum atomic E-state index is 0.107. The summed E-state index contributed by atoms with van der Waals surface area (Å²) in [5, 5.41) is 0. The van der Waals surface area contributed by atoms with Crippen molar-refractivity contribution in [3.05, 3.63) is 144 Å². The van der Waals surface area contributed by atoms with E-state index in [2.05, 4.69) is 156 Å². The summed E-state index contributed by atoms with van der Waals surface area (Å²) < 4.78 is 2.66. The topological polar surface area (TPSA) is 11.4 Å². The Bertz CT molecular complexity index is 2060. The first-order chi connectivity index (χ1) is 22.7. The van der Waals surface area contributed by atoms with Gasteiger partial charge in [-0.25, -0.2) is 0 Å². The Balaban J connectivity index is 1.45. The van der Waals surface area contributed by atoms with Crippen molar-refractivity contribution < 1.29 is 0 Å². The van der Waals surface area contributed by atoms with E-state index >= 15 is 0 Å². The van der Waals surface area contributed by atoms with Crippen LogP contribution in [0.5, 0.6) is 0 Å². The van der Waals surface area contributed by atoms with E-state index in [0.717, 1.165) is 19.3 Å². The van der Waals surface area contributed by atoms with E-state index in [1.807, 2.05) is 0 Å². The van der Waals surface area contributed by atoms with Crippen LogP contribution in [0.1, 0.15) is 43.5 Å². The lowest BCUT2D eigenvalue weighted by Gasteiger charge is -2.44. The van der Waals surface area contributed by atoms with Crippen LogP contribution in [0.3, 0.4) is 0 Å². The number of hydrogen-bond donors (Lipinski definition) is 0. The van der Waals surface area contributed by atoms with Gasteiger partial charge in [-0.2, -0.15) is 0 Å². The van der Waals surface area contributed by atoms with E-state index in [1.165, 1.54) is 86.0 Å². The molecule has 0 saturated heterocycles. The van der Waals surface area contributed by atoms with Crippen LogP contribution in [0, 0.1) is 5.92 Å². The Morgan fingerprint density at radius 2 is 1.17 bits per heavy atom. The molecule has 5 aromatic carbocycles. The normalized spacial score (nSPS) is 14.5. The van der Waals surface area contributed by atoms with Gasteiger partial charge in [-0.3, -0.25) is 0 Å². The summed E-state index contributed by atoms with van der Waals surface area (Å²) in [6.07, 6.45) is 5.71. The van der Waals surface area contributed by atoms with Gasteiger partial charge in [0.1, 0.15) is 0 Å². The first-order valence-electron chi connectivity index (χ1n) is 17.0. The van der Waals surface area contributed by atoms with Crippen molar-refractivity contribution in [2.45, 2.75) is 46.0 Å². The average Bonchev–Trinajstić information content (AvgIpc) is 3.44. The van der Waals surface area contributed by atoms with Crippen LogP contribution in [0.25, 0.3) is 5.69 Å². The van der Waals surface area contributed by atoms with Crippen molar-refractivity contribution in [3.8, 4) is 5.69 Å². The zero-order valence-electron chi connectivity index (χ0n) is 26.7. The molecule has 9 rings (SSSR count). The summed E-state index contributed by atoms with van der Waals surface area (Å²) in [7, 11) is 0. The van der Waals surface area contributed by atoms with Crippen LogP contribution in [0.2, 0.25) is 0 Å². The van der Waals surface area contributed by atoms with Crippen LogP contribution < -0.4 is 26.3 Å². The summed E-state index contributed by atoms with van der Waals surface area (Å²) in [4.78, 5) is 5.16. The van der Waals surface area contributed by atoms with E-state index in [1.54, 1.807) is 0 Å². The highest BCUT2D eigenvalue weighted by Crippen LogP contribution is 2.48. The molecule has 0 spiro atoms. The van der Waals surface area contributed by atoms with E-state index in [4.69, 9.17) is 0 Å². The number of anilines is 6. The Hall–Kier alpha value is -4.96. The van der Waals surface area contributed by atoms with Crippen LogP contribution >= 0.6 is 0 Å². The van der Waals surface area contributed by atoms with Crippen molar-refractivity contribution in [2.24, 2.45) is 5.92 Å². The fourth-order valence-corrected chi connectivity index (χ4v) is 8.44. The van der Waals surface area contributed by atoms with Crippen molar-refractivity contribution in [3.63, 3.8) is 0 Å². The molecule has 3 aliphatic rings. The summed E-state index contributed by atoms with van der Waals surface area (Å²) in [5.41, 5.74) is 17.6. The predicted molar refractivity (Wildman–Crippen MR) is 195 cm³/mol. The Morgan fingerprint density at radius 3 is 1.85 bits per heavy atom. The Kier molecular flexibility index (Phi) is 6.45. The third kappa shape index (κ3) is 4.13. The second kappa shape index (κ2) is 10.8. The molecule has 3 nitrogen and oxygen atoms in total. The van der Waals surface area contributed by atoms with E-state index in [-0.39, 0.29) is 6.71 Å². The maximum Gasteiger partial charge on any atom is 0.273 e. The molecule has 3 heterocycles. The molecule has 0 atom stereocenters. The highest BCUT2D eigenvalue weighted by atomic mass is 15.2. The SMILES string of the molecule is CC(C)Cc1cc2c3c(c1)N(c1ccccc1)c1c4c(n(-c5ccccc5)c1B3c1ccccc1N2c1ccccc1)CCCC4. The highest BCUT2D eigenvalue weighted by molar-refractivity contribution is 7.00. The quantitative estimate of drug-likeness (QED) is 0.185. The molecule has 0 fully saturated rings. The maximum absolute atomic E-state index is 2.66. The zero-order chi connectivity index (χ0) is 30.8. The van der Waals surface area contributed by atoms with Crippen LogP contribution in [0.15, 0.2) is 127 Å². The van der Waals surface area contributed by atoms with Gasteiger partial charge in [0.25, 0.3) is 6.71 Å². The number of benzene rings is 5. The molecule has 0 unspecified atom stereocenters. The average molecular weight is 596 g/mol. The van der Waals surface area contributed by atoms with Gasteiger partial charge < -0.3 is 14.4 Å². The lowest BCUT2D eigenvalue weighted by atomic mass is 9.34. The lowest BCUT2D eigenvalue weighted by molar-refractivity contribution is 0.647. The van der Waals surface area contributed by atoms with E-state index < -0.39 is 0 Å². The predicted octanol–water partition coefficient (Wildman–Crippen LogP) is 8.64. The minimum Gasteiger partial charge on any atom is -0.323 e. The van der Waals surface area contributed by atoms with Crippen LogP contribution in [-0.2, 0) is 19.3 Å². The van der Waals surface area contributed by atoms with Crippen molar-refractivity contribution in [1.29, 1.82) is 0 Å². The summed E-state index contributed by atoms with van der Waals surface area (Å²) in [5.74, 6) is 0.554. The second-order valence-corrected chi connectivity index (χ2v) is 13.5. The van der Waals surface area contributed by atoms with Gasteiger partial charge in [-0.1, -0.05) is 86.6 Å². The molecule has 0 N–H and O–H groups in total. The second-order valence-electron chi connectivity index (χ2n) is 13.5. The first-order valence-corrected chi connectivity index (χ1v) is 17.0. The number of hydrogen-bond acceptors (Lipinski definition) is 2. The van der Waals surface area contributed by atoms with Crippen molar-refractivity contribution in [1.82, 2.24) is 4.57 Å².